The summed E-state index contributed by atoms with van der Waals surface area (Å²) in [5, 5.41) is 3.43. The maximum absolute atomic E-state index is 13.0. The second-order valence-electron chi connectivity index (χ2n) is 7.00. The average molecular weight is 352 g/mol. The van der Waals surface area contributed by atoms with E-state index in [0.717, 1.165) is 24.1 Å². The van der Waals surface area contributed by atoms with Gasteiger partial charge in [-0.05, 0) is 38.3 Å². The quantitative estimate of drug-likeness (QED) is 0.847. The number of anilines is 1. The zero-order valence-corrected chi connectivity index (χ0v) is 15.7. The number of aryl methyl sites for hydroxylation is 1. The van der Waals surface area contributed by atoms with Crippen molar-refractivity contribution >= 4 is 11.9 Å². The van der Waals surface area contributed by atoms with Crippen molar-refractivity contribution in [3.63, 3.8) is 0 Å². The highest BCUT2D eigenvalue weighted by Gasteiger charge is 2.19. The molecule has 3 rings (SSSR count). The molecule has 1 saturated carbocycles. The van der Waals surface area contributed by atoms with E-state index >= 15 is 0 Å². The Bertz CT molecular complexity index is 726. The van der Waals surface area contributed by atoms with Crippen molar-refractivity contribution in [1.82, 2.24) is 14.9 Å². The number of amides is 1. The minimum absolute atomic E-state index is 0.0476. The molecule has 0 radical (unpaired) electrons. The lowest BCUT2D eigenvalue weighted by Gasteiger charge is -2.24. The van der Waals surface area contributed by atoms with E-state index in [4.69, 9.17) is 0 Å². The lowest BCUT2D eigenvalue weighted by Crippen LogP contribution is -2.31. The van der Waals surface area contributed by atoms with Crippen molar-refractivity contribution in [2.45, 2.75) is 58.5 Å². The second kappa shape index (κ2) is 8.79. The van der Waals surface area contributed by atoms with Gasteiger partial charge >= 0.3 is 0 Å². The Morgan fingerprint density at radius 2 is 1.88 bits per heavy atom. The number of rotatable bonds is 6. The SMILES string of the molecule is CCN(Cc1ccccc1)C(=O)c1cc(C)nc(NC2CCCCC2)n1. The van der Waals surface area contributed by atoms with E-state index in [2.05, 4.69) is 15.3 Å². The summed E-state index contributed by atoms with van der Waals surface area (Å²) in [4.78, 5) is 23.8. The van der Waals surface area contributed by atoms with Gasteiger partial charge in [-0.3, -0.25) is 4.79 Å². The number of carbonyl (C=O) groups is 1. The molecule has 1 fully saturated rings. The third-order valence-electron chi connectivity index (χ3n) is 4.90. The van der Waals surface area contributed by atoms with Crippen molar-refractivity contribution in [3.8, 4) is 0 Å². The fourth-order valence-corrected chi connectivity index (χ4v) is 3.47. The van der Waals surface area contributed by atoms with Crippen molar-refractivity contribution in [3.05, 3.63) is 53.3 Å². The molecule has 5 nitrogen and oxygen atoms in total. The lowest BCUT2D eigenvalue weighted by atomic mass is 9.96. The van der Waals surface area contributed by atoms with Gasteiger partial charge in [-0.1, -0.05) is 49.6 Å². The Morgan fingerprint density at radius 3 is 2.58 bits per heavy atom. The Kier molecular flexibility index (Phi) is 6.21. The predicted octanol–water partition coefficient (Wildman–Crippen LogP) is 4.19. The average Bonchev–Trinajstić information content (AvgIpc) is 2.67. The monoisotopic (exact) mass is 352 g/mol. The summed E-state index contributed by atoms with van der Waals surface area (Å²) in [5.74, 6) is 0.532. The molecule has 0 spiro atoms. The van der Waals surface area contributed by atoms with Gasteiger partial charge in [-0.2, -0.15) is 0 Å². The van der Waals surface area contributed by atoms with Crippen molar-refractivity contribution in [2.75, 3.05) is 11.9 Å². The molecule has 1 aromatic carbocycles. The van der Waals surface area contributed by atoms with Gasteiger partial charge in [0.2, 0.25) is 5.95 Å². The third kappa shape index (κ3) is 4.81. The van der Waals surface area contributed by atoms with Crippen LogP contribution in [0.4, 0.5) is 5.95 Å². The molecule has 0 aliphatic heterocycles. The van der Waals surface area contributed by atoms with Gasteiger partial charge in [0.05, 0.1) is 0 Å². The van der Waals surface area contributed by atoms with Crippen molar-refractivity contribution in [1.29, 1.82) is 0 Å². The Hall–Kier alpha value is -2.43. The van der Waals surface area contributed by atoms with Crippen molar-refractivity contribution < 1.29 is 4.79 Å². The van der Waals surface area contributed by atoms with E-state index in [1.807, 2.05) is 49.1 Å². The Morgan fingerprint density at radius 1 is 1.15 bits per heavy atom. The lowest BCUT2D eigenvalue weighted by molar-refractivity contribution is 0.0746. The van der Waals surface area contributed by atoms with E-state index in [1.54, 1.807) is 6.07 Å². The van der Waals surface area contributed by atoms with Crippen LogP contribution in [0.25, 0.3) is 0 Å². The molecule has 26 heavy (non-hydrogen) atoms. The Balaban J connectivity index is 1.74. The summed E-state index contributed by atoms with van der Waals surface area (Å²) >= 11 is 0. The van der Waals surface area contributed by atoms with Crippen LogP contribution < -0.4 is 5.32 Å². The molecule has 1 aliphatic carbocycles. The van der Waals surface area contributed by atoms with E-state index in [9.17, 15) is 4.79 Å². The van der Waals surface area contributed by atoms with Gasteiger partial charge in [0, 0.05) is 24.8 Å². The summed E-state index contributed by atoms with van der Waals surface area (Å²) in [7, 11) is 0. The summed E-state index contributed by atoms with van der Waals surface area (Å²) in [5.41, 5.74) is 2.40. The van der Waals surface area contributed by atoms with Gasteiger partial charge in [0.15, 0.2) is 0 Å². The number of hydrogen-bond acceptors (Lipinski definition) is 4. The van der Waals surface area contributed by atoms with Crippen LogP contribution in [0.2, 0.25) is 0 Å². The van der Waals surface area contributed by atoms with Crippen LogP contribution >= 0.6 is 0 Å². The first kappa shape index (κ1) is 18.4. The van der Waals surface area contributed by atoms with Crippen LogP contribution in [-0.4, -0.2) is 33.4 Å². The minimum atomic E-state index is -0.0476. The number of nitrogens with zero attached hydrogens (tertiary/aromatic N) is 3. The summed E-state index contributed by atoms with van der Waals surface area (Å²) in [6.07, 6.45) is 6.10. The van der Waals surface area contributed by atoms with Gasteiger partial charge in [0.25, 0.3) is 5.91 Å². The smallest absolute Gasteiger partial charge is 0.272 e. The molecule has 1 aliphatic rings. The van der Waals surface area contributed by atoms with Gasteiger partial charge < -0.3 is 10.2 Å². The molecule has 1 aromatic heterocycles. The summed E-state index contributed by atoms with van der Waals surface area (Å²) < 4.78 is 0. The summed E-state index contributed by atoms with van der Waals surface area (Å²) in [6, 6.07) is 12.2. The number of nitrogens with one attached hydrogen (secondary N) is 1. The maximum Gasteiger partial charge on any atom is 0.272 e. The second-order valence-corrected chi connectivity index (χ2v) is 7.00. The van der Waals surface area contributed by atoms with Gasteiger partial charge in [-0.25, -0.2) is 9.97 Å². The predicted molar refractivity (Wildman–Crippen MR) is 104 cm³/mol. The van der Waals surface area contributed by atoms with E-state index in [-0.39, 0.29) is 5.91 Å². The molecular weight excluding hydrogens is 324 g/mol. The number of carbonyl (C=O) groups excluding carboxylic acids is 1. The molecule has 1 heterocycles. The van der Waals surface area contributed by atoms with E-state index < -0.39 is 0 Å². The largest absolute Gasteiger partial charge is 0.351 e. The number of aromatic nitrogens is 2. The zero-order valence-electron chi connectivity index (χ0n) is 15.7. The van der Waals surface area contributed by atoms with Gasteiger partial charge in [-0.15, -0.1) is 0 Å². The van der Waals surface area contributed by atoms with Crippen LogP contribution in [0, 0.1) is 6.92 Å². The molecule has 138 valence electrons. The molecular formula is C21H28N4O. The van der Waals surface area contributed by atoms with Crippen LogP contribution in [-0.2, 0) is 6.54 Å². The minimum Gasteiger partial charge on any atom is -0.351 e. The highest BCUT2D eigenvalue weighted by atomic mass is 16.2. The molecule has 0 atom stereocenters. The van der Waals surface area contributed by atoms with E-state index in [0.29, 0.717) is 30.8 Å². The molecule has 0 unspecified atom stereocenters. The fourth-order valence-electron chi connectivity index (χ4n) is 3.47. The first-order chi connectivity index (χ1) is 12.7. The van der Waals surface area contributed by atoms with Crippen LogP contribution in [0.5, 0.6) is 0 Å². The highest BCUT2D eigenvalue weighted by molar-refractivity contribution is 5.92. The number of hydrogen-bond donors (Lipinski definition) is 1. The zero-order chi connectivity index (χ0) is 18.4. The van der Waals surface area contributed by atoms with Crippen LogP contribution in [0.1, 0.15) is 60.8 Å². The fraction of sp³-hybridized carbons (Fsp3) is 0.476. The molecule has 1 amide bonds. The molecule has 0 bridgehead atoms. The Labute approximate surface area is 155 Å². The van der Waals surface area contributed by atoms with E-state index in [1.165, 1.54) is 19.3 Å². The first-order valence-electron chi connectivity index (χ1n) is 9.61. The van der Waals surface area contributed by atoms with Gasteiger partial charge in [0.1, 0.15) is 5.69 Å². The van der Waals surface area contributed by atoms with Crippen LogP contribution in [0.15, 0.2) is 36.4 Å². The molecule has 5 heteroatoms. The molecule has 2 aromatic rings. The highest BCUT2D eigenvalue weighted by Crippen LogP contribution is 2.20. The topological polar surface area (TPSA) is 58.1 Å². The molecule has 0 saturated heterocycles. The maximum atomic E-state index is 13.0. The third-order valence-corrected chi connectivity index (χ3v) is 4.90. The molecule has 1 N–H and O–H groups in total. The summed E-state index contributed by atoms with van der Waals surface area (Å²) in [6.45, 7) is 5.14. The van der Waals surface area contributed by atoms with Crippen molar-refractivity contribution in [2.24, 2.45) is 0 Å². The standard InChI is InChI=1S/C21H28N4O/c1-3-25(15-17-10-6-4-7-11-17)20(26)19-14-16(2)22-21(24-19)23-18-12-8-5-9-13-18/h4,6-7,10-11,14,18H,3,5,8-9,12-13,15H2,1-2H3,(H,22,23,24). The number of benzene rings is 1. The normalized spacial score (nSPS) is 14.8. The first-order valence-corrected chi connectivity index (χ1v) is 9.61. The van der Waals surface area contributed by atoms with Crippen LogP contribution in [0.3, 0.4) is 0 Å².